The minimum atomic E-state index is -0.404. The average molecular weight is 380 g/mol. The van der Waals surface area contributed by atoms with E-state index in [0.717, 1.165) is 41.1 Å². The number of nitrogens with zero attached hydrogens (tertiary/aromatic N) is 2. The van der Waals surface area contributed by atoms with E-state index in [2.05, 4.69) is 29.0 Å². The molecule has 0 atom stereocenters. The van der Waals surface area contributed by atoms with Crippen molar-refractivity contribution in [2.24, 2.45) is 5.41 Å². The zero-order valence-electron chi connectivity index (χ0n) is 17.4. The van der Waals surface area contributed by atoms with Gasteiger partial charge in [-0.1, -0.05) is 20.8 Å². The van der Waals surface area contributed by atoms with E-state index in [1.165, 1.54) is 0 Å². The van der Waals surface area contributed by atoms with Crippen LogP contribution in [0.1, 0.15) is 37.6 Å². The predicted molar refractivity (Wildman–Crippen MR) is 114 cm³/mol. The number of fused-ring (bicyclic) bond motifs is 1. The Kier molecular flexibility index (Phi) is 5.84. The molecule has 1 aromatic heterocycles. The molecule has 0 unspecified atom stereocenters. The fourth-order valence-corrected chi connectivity index (χ4v) is 3.00. The van der Waals surface area contributed by atoms with Gasteiger partial charge < -0.3 is 14.6 Å². The lowest BCUT2D eigenvalue weighted by atomic mass is 9.86. The third kappa shape index (κ3) is 4.78. The SMILES string of the molecule is CN(C)CCCOc1ccc(-c2nc3ccc(C(=O)C(C)(C)C)cc3[nH]2)cc1. The normalized spacial score (nSPS) is 11.9. The van der Waals surface area contributed by atoms with Crippen molar-refractivity contribution in [3.63, 3.8) is 0 Å². The first-order valence-electron chi connectivity index (χ1n) is 9.66. The van der Waals surface area contributed by atoms with Crippen LogP contribution in [0.4, 0.5) is 0 Å². The number of nitrogens with one attached hydrogen (secondary N) is 1. The van der Waals surface area contributed by atoms with Gasteiger partial charge in [0.15, 0.2) is 5.78 Å². The van der Waals surface area contributed by atoms with Crippen LogP contribution in [-0.2, 0) is 0 Å². The highest BCUT2D eigenvalue weighted by molar-refractivity contribution is 6.02. The molecule has 0 fully saturated rings. The summed E-state index contributed by atoms with van der Waals surface area (Å²) in [7, 11) is 4.12. The number of ketones is 1. The number of H-pyrrole nitrogens is 1. The minimum absolute atomic E-state index is 0.126. The Balaban J connectivity index is 1.74. The summed E-state index contributed by atoms with van der Waals surface area (Å²) in [4.78, 5) is 22.7. The Morgan fingerprint density at radius 2 is 1.82 bits per heavy atom. The molecule has 5 heteroatoms. The summed E-state index contributed by atoms with van der Waals surface area (Å²) < 4.78 is 5.79. The van der Waals surface area contributed by atoms with Gasteiger partial charge in [-0.05, 0) is 63.0 Å². The number of hydrogen-bond donors (Lipinski definition) is 1. The monoisotopic (exact) mass is 379 g/mol. The lowest BCUT2D eigenvalue weighted by Gasteiger charge is -2.16. The van der Waals surface area contributed by atoms with Gasteiger partial charge in [0.05, 0.1) is 17.6 Å². The van der Waals surface area contributed by atoms with Crippen molar-refractivity contribution in [3.05, 3.63) is 48.0 Å². The standard InChI is InChI=1S/C23H29N3O2/c1-23(2,3)21(27)17-9-12-19-20(15-17)25-22(24-19)16-7-10-18(11-8-16)28-14-6-13-26(4)5/h7-12,15H,6,13-14H2,1-5H3,(H,24,25). The van der Waals surface area contributed by atoms with Gasteiger partial charge in [0.2, 0.25) is 0 Å². The van der Waals surface area contributed by atoms with E-state index in [4.69, 9.17) is 4.74 Å². The number of carbonyl (C=O) groups is 1. The molecule has 0 saturated carbocycles. The van der Waals surface area contributed by atoms with Crippen molar-refractivity contribution >= 4 is 16.8 Å². The Morgan fingerprint density at radius 3 is 2.46 bits per heavy atom. The summed E-state index contributed by atoms with van der Waals surface area (Å²) in [5.74, 6) is 1.77. The van der Waals surface area contributed by atoms with Gasteiger partial charge in [-0.3, -0.25) is 4.79 Å². The largest absolute Gasteiger partial charge is 0.494 e. The average Bonchev–Trinajstić information content (AvgIpc) is 3.07. The molecule has 0 radical (unpaired) electrons. The second-order valence-electron chi connectivity index (χ2n) is 8.43. The molecule has 0 bridgehead atoms. The van der Waals surface area contributed by atoms with E-state index in [1.807, 2.05) is 63.2 Å². The number of carbonyl (C=O) groups excluding carboxylic acids is 1. The summed E-state index contributed by atoms with van der Waals surface area (Å²) in [5.41, 5.74) is 3.01. The maximum atomic E-state index is 12.5. The van der Waals surface area contributed by atoms with Gasteiger partial charge in [0.25, 0.3) is 0 Å². The molecule has 1 heterocycles. The maximum Gasteiger partial charge on any atom is 0.168 e. The third-order valence-electron chi connectivity index (χ3n) is 4.57. The molecular weight excluding hydrogens is 350 g/mol. The summed E-state index contributed by atoms with van der Waals surface area (Å²) in [6.45, 7) is 7.51. The summed E-state index contributed by atoms with van der Waals surface area (Å²) >= 11 is 0. The molecule has 1 N–H and O–H groups in total. The molecule has 2 aromatic carbocycles. The van der Waals surface area contributed by atoms with Crippen molar-refractivity contribution in [1.82, 2.24) is 14.9 Å². The third-order valence-corrected chi connectivity index (χ3v) is 4.57. The number of hydrogen-bond acceptors (Lipinski definition) is 4. The van der Waals surface area contributed by atoms with Crippen LogP contribution >= 0.6 is 0 Å². The van der Waals surface area contributed by atoms with E-state index in [0.29, 0.717) is 12.2 Å². The molecule has 3 rings (SSSR count). The summed E-state index contributed by atoms with van der Waals surface area (Å²) in [6, 6.07) is 13.6. The van der Waals surface area contributed by atoms with Crippen LogP contribution in [-0.4, -0.2) is 47.9 Å². The molecule has 0 amide bonds. The second kappa shape index (κ2) is 8.15. The molecule has 0 spiro atoms. The Bertz CT molecular complexity index is 950. The molecule has 0 saturated heterocycles. The number of Topliss-reactive ketones (excluding diaryl/α,β-unsaturated/α-hetero) is 1. The molecule has 0 aliphatic heterocycles. The van der Waals surface area contributed by atoms with E-state index >= 15 is 0 Å². The van der Waals surface area contributed by atoms with Gasteiger partial charge >= 0.3 is 0 Å². The van der Waals surface area contributed by atoms with Crippen LogP contribution in [0.2, 0.25) is 0 Å². The van der Waals surface area contributed by atoms with Crippen LogP contribution in [0.3, 0.4) is 0 Å². The van der Waals surface area contributed by atoms with Crippen LogP contribution in [0.15, 0.2) is 42.5 Å². The Morgan fingerprint density at radius 1 is 1.11 bits per heavy atom. The molecule has 148 valence electrons. The number of ether oxygens (including phenoxy) is 1. The van der Waals surface area contributed by atoms with Crippen LogP contribution < -0.4 is 4.74 Å². The fraction of sp³-hybridized carbons (Fsp3) is 0.391. The van der Waals surface area contributed by atoms with Gasteiger partial charge in [-0.25, -0.2) is 4.98 Å². The lowest BCUT2D eigenvalue weighted by molar-refractivity contribution is 0.0858. The van der Waals surface area contributed by atoms with Crippen molar-refractivity contribution in [1.29, 1.82) is 0 Å². The zero-order valence-corrected chi connectivity index (χ0v) is 17.4. The topological polar surface area (TPSA) is 58.2 Å². The summed E-state index contributed by atoms with van der Waals surface area (Å²) in [6.07, 6.45) is 0.994. The molecule has 5 nitrogen and oxygen atoms in total. The minimum Gasteiger partial charge on any atom is -0.494 e. The smallest absolute Gasteiger partial charge is 0.168 e. The van der Waals surface area contributed by atoms with E-state index < -0.39 is 5.41 Å². The van der Waals surface area contributed by atoms with Crippen molar-refractivity contribution in [3.8, 4) is 17.1 Å². The molecule has 3 aromatic rings. The zero-order chi connectivity index (χ0) is 20.3. The molecule has 0 aliphatic rings. The number of aromatic amines is 1. The van der Waals surface area contributed by atoms with E-state index in [-0.39, 0.29) is 5.78 Å². The fourth-order valence-electron chi connectivity index (χ4n) is 3.00. The number of imidazole rings is 1. The van der Waals surface area contributed by atoms with Crippen LogP contribution in [0.25, 0.3) is 22.4 Å². The summed E-state index contributed by atoms with van der Waals surface area (Å²) in [5, 5.41) is 0. The first-order valence-corrected chi connectivity index (χ1v) is 9.66. The number of rotatable bonds is 7. The first kappa shape index (κ1) is 20.1. The predicted octanol–water partition coefficient (Wildman–Crippen LogP) is 4.79. The van der Waals surface area contributed by atoms with Gasteiger partial charge in [-0.15, -0.1) is 0 Å². The van der Waals surface area contributed by atoms with Crippen LogP contribution in [0, 0.1) is 5.41 Å². The second-order valence-corrected chi connectivity index (χ2v) is 8.43. The van der Waals surface area contributed by atoms with Crippen molar-refractivity contribution in [2.45, 2.75) is 27.2 Å². The van der Waals surface area contributed by atoms with E-state index in [1.54, 1.807) is 0 Å². The quantitative estimate of drug-likeness (QED) is 0.474. The highest BCUT2D eigenvalue weighted by Crippen LogP contribution is 2.26. The van der Waals surface area contributed by atoms with Gasteiger partial charge in [-0.2, -0.15) is 0 Å². The number of aromatic nitrogens is 2. The van der Waals surface area contributed by atoms with Gasteiger partial charge in [0, 0.05) is 23.1 Å². The van der Waals surface area contributed by atoms with Crippen molar-refractivity contribution in [2.75, 3.05) is 27.2 Å². The first-order chi connectivity index (χ1) is 13.2. The van der Waals surface area contributed by atoms with E-state index in [9.17, 15) is 4.79 Å². The highest BCUT2D eigenvalue weighted by Gasteiger charge is 2.23. The Labute approximate surface area is 166 Å². The maximum absolute atomic E-state index is 12.5. The highest BCUT2D eigenvalue weighted by atomic mass is 16.5. The Hall–Kier alpha value is -2.66. The van der Waals surface area contributed by atoms with Crippen molar-refractivity contribution < 1.29 is 9.53 Å². The molecule has 0 aliphatic carbocycles. The number of benzene rings is 2. The molecular formula is C23H29N3O2. The van der Waals surface area contributed by atoms with Crippen LogP contribution in [0.5, 0.6) is 5.75 Å². The molecule has 28 heavy (non-hydrogen) atoms. The lowest BCUT2D eigenvalue weighted by Crippen LogP contribution is -2.19. The van der Waals surface area contributed by atoms with Gasteiger partial charge in [0.1, 0.15) is 11.6 Å².